The van der Waals surface area contributed by atoms with Gasteiger partial charge in [-0.3, -0.25) is 9.79 Å². The van der Waals surface area contributed by atoms with Crippen molar-refractivity contribution in [2.45, 2.75) is 18.9 Å². The third kappa shape index (κ3) is 3.20. The molecule has 1 N–H and O–H groups in total. The molecule has 1 aliphatic rings. The van der Waals surface area contributed by atoms with Crippen molar-refractivity contribution in [3.8, 4) is 0 Å². The van der Waals surface area contributed by atoms with Crippen molar-refractivity contribution < 1.29 is 14.6 Å². The molecule has 1 atom stereocenters. The Morgan fingerprint density at radius 3 is 2.82 bits per heavy atom. The second-order valence-corrected chi connectivity index (χ2v) is 4.22. The van der Waals surface area contributed by atoms with Gasteiger partial charge >= 0.3 is 5.97 Å². The highest BCUT2D eigenvalue weighted by Gasteiger charge is 2.21. The fourth-order valence-electron chi connectivity index (χ4n) is 1.63. The number of benzene rings is 1. The van der Waals surface area contributed by atoms with Crippen LogP contribution in [0.1, 0.15) is 24.5 Å². The van der Waals surface area contributed by atoms with Crippen LogP contribution in [0.4, 0.5) is 0 Å². The number of carboxylic acid groups (broad SMARTS) is 1. The molecule has 0 spiro atoms. The summed E-state index contributed by atoms with van der Waals surface area (Å²) in [6, 6.07) is 7.39. The second kappa shape index (κ2) is 5.19. The quantitative estimate of drug-likeness (QED) is 0.897. The van der Waals surface area contributed by atoms with Gasteiger partial charge in [0.15, 0.2) is 5.90 Å². The third-order valence-electron chi connectivity index (χ3n) is 2.51. The van der Waals surface area contributed by atoms with Crippen molar-refractivity contribution in [3.63, 3.8) is 0 Å². The molecule has 0 saturated carbocycles. The fourth-order valence-corrected chi connectivity index (χ4v) is 1.75. The summed E-state index contributed by atoms with van der Waals surface area (Å²) in [6.45, 7) is 0.538. The van der Waals surface area contributed by atoms with Crippen LogP contribution in [0.5, 0.6) is 0 Å². The zero-order valence-corrected chi connectivity index (χ0v) is 9.85. The van der Waals surface area contributed by atoms with Crippen molar-refractivity contribution in [1.29, 1.82) is 0 Å². The van der Waals surface area contributed by atoms with Gasteiger partial charge in [0.05, 0.1) is 13.0 Å². The molecule has 0 bridgehead atoms. The lowest BCUT2D eigenvalue weighted by Crippen LogP contribution is -2.07. The summed E-state index contributed by atoms with van der Waals surface area (Å²) in [7, 11) is 0. The second-order valence-electron chi connectivity index (χ2n) is 3.79. The molecule has 0 radical (unpaired) electrons. The predicted molar refractivity (Wildman–Crippen MR) is 64.4 cm³/mol. The minimum Gasteiger partial charge on any atom is -0.481 e. The lowest BCUT2D eigenvalue weighted by molar-refractivity contribution is -0.136. The topological polar surface area (TPSA) is 58.9 Å². The van der Waals surface area contributed by atoms with Gasteiger partial charge in [-0.1, -0.05) is 23.7 Å². The molecule has 1 heterocycles. The Bertz CT molecular complexity index is 442. The summed E-state index contributed by atoms with van der Waals surface area (Å²) in [4.78, 5) is 14.6. The Morgan fingerprint density at radius 2 is 2.18 bits per heavy atom. The molecule has 0 aromatic heterocycles. The van der Waals surface area contributed by atoms with Crippen LogP contribution >= 0.6 is 11.6 Å². The molecule has 1 aromatic rings. The maximum absolute atomic E-state index is 10.4. The van der Waals surface area contributed by atoms with Gasteiger partial charge < -0.3 is 9.84 Å². The third-order valence-corrected chi connectivity index (χ3v) is 2.76. The number of hydrogen-bond donors (Lipinski definition) is 1. The van der Waals surface area contributed by atoms with Crippen molar-refractivity contribution in [3.05, 3.63) is 34.9 Å². The number of nitrogens with zero attached hydrogens (tertiary/aromatic N) is 1. The van der Waals surface area contributed by atoms with Crippen molar-refractivity contribution in [2.75, 3.05) is 6.54 Å². The number of hydrogen-bond acceptors (Lipinski definition) is 3. The van der Waals surface area contributed by atoms with Crippen LogP contribution < -0.4 is 0 Å². The SMILES string of the molecule is O=C(O)CCC1=NCC(c2ccc(Cl)cc2)O1. The van der Waals surface area contributed by atoms with E-state index in [0.29, 0.717) is 23.9 Å². The Labute approximate surface area is 104 Å². The number of carboxylic acids is 1. The zero-order valence-electron chi connectivity index (χ0n) is 9.10. The number of carbonyl (C=O) groups is 1. The lowest BCUT2D eigenvalue weighted by atomic mass is 10.1. The van der Waals surface area contributed by atoms with E-state index in [2.05, 4.69) is 4.99 Å². The monoisotopic (exact) mass is 253 g/mol. The molecule has 1 aliphatic heterocycles. The zero-order chi connectivity index (χ0) is 12.3. The van der Waals surface area contributed by atoms with Crippen LogP contribution in [0.2, 0.25) is 5.02 Å². The Kier molecular flexibility index (Phi) is 3.64. The minimum absolute atomic E-state index is 0.0478. The highest BCUT2D eigenvalue weighted by atomic mass is 35.5. The van der Waals surface area contributed by atoms with Crippen LogP contribution in [0.25, 0.3) is 0 Å². The molecule has 2 rings (SSSR count). The van der Waals surface area contributed by atoms with E-state index in [1.165, 1.54) is 0 Å². The number of halogens is 1. The van der Waals surface area contributed by atoms with Gasteiger partial charge in [0.1, 0.15) is 6.10 Å². The molecule has 17 heavy (non-hydrogen) atoms. The van der Waals surface area contributed by atoms with Crippen molar-refractivity contribution in [2.24, 2.45) is 4.99 Å². The van der Waals surface area contributed by atoms with E-state index in [4.69, 9.17) is 21.4 Å². The molecule has 1 unspecified atom stereocenters. The molecule has 90 valence electrons. The van der Waals surface area contributed by atoms with Crippen LogP contribution in [0.3, 0.4) is 0 Å². The largest absolute Gasteiger partial charge is 0.481 e. The smallest absolute Gasteiger partial charge is 0.303 e. The van der Waals surface area contributed by atoms with Crippen LogP contribution in [0.15, 0.2) is 29.3 Å². The first-order valence-electron chi connectivity index (χ1n) is 5.32. The summed E-state index contributed by atoms with van der Waals surface area (Å²) in [5, 5.41) is 9.24. The maximum atomic E-state index is 10.4. The predicted octanol–water partition coefficient (Wildman–Crippen LogP) is 2.67. The number of aliphatic imine (C=N–C) groups is 1. The maximum Gasteiger partial charge on any atom is 0.303 e. The number of rotatable bonds is 4. The summed E-state index contributed by atoms with van der Waals surface area (Å²) in [6.07, 6.45) is 0.280. The molecule has 0 fully saturated rings. The molecule has 4 nitrogen and oxygen atoms in total. The van der Waals surface area contributed by atoms with E-state index in [-0.39, 0.29) is 12.5 Å². The highest BCUT2D eigenvalue weighted by molar-refractivity contribution is 6.30. The molecule has 0 amide bonds. The summed E-state index contributed by atoms with van der Waals surface area (Å²) >= 11 is 5.80. The van der Waals surface area contributed by atoms with Crippen molar-refractivity contribution >= 4 is 23.5 Å². The van der Waals surface area contributed by atoms with Crippen LogP contribution in [-0.4, -0.2) is 23.5 Å². The summed E-state index contributed by atoms with van der Waals surface area (Å²) < 4.78 is 5.58. The standard InChI is InChI=1S/C12H12ClNO3/c13-9-3-1-8(2-4-9)10-7-14-11(17-10)5-6-12(15)16/h1-4,10H,5-7H2,(H,15,16). The molecule has 0 aliphatic carbocycles. The van der Waals surface area contributed by atoms with E-state index in [1.54, 1.807) is 12.1 Å². The van der Waals surface area contributed by atoms with Crippen LogP contribution in [0, 0.1) is 0 Å². The Hall–Kier alpha value is -1.55. The summed E-state index contributed by atoms with van der Waals surface area (Å²) in [5.74, 6) is -0.321. The minimum atomic E-state index is -0.841. The normalized spacial score (nSPS) is 18.6. The Balaban J connectivity index is 1.91. The van der Waals surface area contributed by atoms with Crippen LogP contribution in [-0.2, 0) is 9.53 Å². The fraction of sp³-hybridized carbons (Fsp3) is 0.333. The summed E-state index contributed by atoms with van der Waals surface area (Å²) in [5.41, 5.74) is 1.00. The molecular weight excluding hydrogens is 242 g/mol. The lowest BCUT2D eigenvalue weighted by Gasteiger charge is -2.11. The molecule has 0 saturated heterocycles. The average Bonchev–Trinajstić information content (AvgIpc) is 2.76. The van der Waals surface area contributed by atoms with E-state index in [9.17, 15) is 4.79 Å². The van der Waals surface area contributed by atoms with E-state index in [1.807, 2.05) is 12.1 Å². The first-order chi connectivity index (χ1) is 8.15. The van der Waals surface area contributed by atoms with Gasteiger partial charge in [-0.2, -0.15) is 0 Å². The van der Waals surface area contributed by atoms with Gasteiger partial charge in [0, 0.05) is 11.4 Å². The van der Waals surface area contributed by atoms with E-state index >= 15 is 0 Å². The van der Waals surface area contributed by atoms with Gasteiger partial charge in [-0.15, -0.1) is 0 Å². The first kappa shape index (κ1) is 11.9. The van der Waals surface area contributed by atoms with E-state index in [0.717, 1.165) is 5.56 Å². The molecule has 1 aromatic carbocycles. The number of ether oxygens (including phenoxy) is 1. The average molecular weight is 254 g/mol. The first-order valence-corrected chi connectivity index (χ1v) is 5.70. The van der Waals surface area contributed by atoms with Gasteiger partial charge in [-0.05, 0) is 17.7 Å². The molecular formula is C12H12ClNO3. The van der Waals surface area contributed by atoms with Crippen molar-refractivity contribution in [1.82, 2.24) is 0 Å². The highest BCUT2D eigenvalue weighted by Crippen LogP contribution is 2.25. The molecule has 5 heteroatoms. The number of aliphatic carboxylic acids is 1. The van der Waals surface area contributed by atoms with E-state index < -0.39 is 5.97 Å². The van der Waals surface area contributed by atoms with Gasteiger partial charge in [0.2, 0.25) is 0 Å². The Morgan fingerprint density at radius 1 is 1.47 bits per heavy atom. The van der Waals surface area contributed by atoms with Gasteiger partial charge in [-0.25, -0.2) is 0 Å². The van der Waals surface area contributed by atoms with Gasteiger partial charge in [0.25, 0.3) is 0 Å².